The summed E-state index contributed by atoms with van der Waals surface area (Å²) >= 11 is 0. The lowest BCUT2D eigenvalue weighted by molar-refractivity contribution is 1.29. The van der Waals surface area contributed by atoms with Crippen LogP contribution in [0.5, 0.6) is 0 Å². The molecule has 266 valence electrons. The summed E-state index contributed by atoms with van der Waals surface area (Å²) in [6.07, 6.45) is 0. The van der Waals surface area contributed by atoms with Gasteiger partial charge in [0.2, 0.25) is 0 Å². The van der Waals surface area contributed by atoms with E-state index in [2.05, 4.69) is 229 Å². The number of hydrogen-bond donors (Lipinski definition) is 0. The minimum Gasteiger partial charge on any atom is -0.310 e. The summed E-state index contributed by atoms with van der Waals surface area (Å²) in [7, 11) is 0. The van der Waals surface area contributed by atoms with E-state index in [1.54, 1.807) is 0 Å². The zero-order chi connectivity index (χ0) is 37.7. The Balaban J connectivity index is 0.968. The summed E-state index contributed by atoms with van der Waals surface area (Å²) < 4.78 is 0. The molecule has 0 heterocycles. The van der Waals surface area contributed by atoms with E-state index in [9.17, 15) is 0 Å². The maximum Gasteiger partial charge on any atom is 0.0468 e. The molecule has 11 rings (SSSR count). The predicted molar refractivity (Wildman–Crippen MR) is 245 cm³/mol. The lowest BCUT2D eigenvalue weighted by Gasteiger charge is -2.26. The molecule has 1 nitrogen and oxygen atoms in total. The van der Waals surface area contributed by atoms with E-state index in [4.69, 9.17) is 0 Å². The van der Waals surface area contributed by atoms with Gasteiger partial charge in [-0.1, -0.05) is 182 Å². The topological polar surface area (TPSA) is 3.24 Å². The van der Waals surface area contributed by atoms with Crippen molar-refractivity contribution in [2.75, 3.05) is 4.90 Å². The van der Waals surface area contributed by atoms with Gasteiger partial charge in [-0.05, 0) is 130 Å². The number of hydrogen-bond acceptors (Lipinski definition) is 1. The number of fused-ring (bicyclic) bond motifs is 7. The fourth-order valence-corrected chi connectivity index (χ4v) is 8.70. The van der Waals surface area contributed by atoms with Gasteiger partial charge in [0, 0.05) is 17.1 Å². The molecule has 1 heteroatoms. The number of benzene rings is 11. The van der Waals surface area contributed by atoms with Crippen LogP contribution in [0.3, 0.4) is 0 Å². The highest BCUT2D eigenvalue weighted by Gasteiger charge is 2.16. The van der Waals surface area contributed by atoms with Gasteiger partial charge in [-0.3, -0.25) is 0 Å². The molecule has 0 bridgehead atoms. The van der Waals surface area contributed by atoms with Crippen molar-refractivity contribution in [1.82, 2.24) is 0 Å². The molecule has 0 unspecified atom stereocenters. The average molecular weight is 724 g/mol. The van der Waals surface area contributed by atoms with E-state index in [0.717, 1.165) is 17.1 Å². The third-order valence-corrected chi connectivity index (χ3v) is 11.6. The van der Waals surface area contributed by atoms with Crippen LogP contribution in [0.4, 0.5) is 17.1 Å². The van der Waals surface area contributed by atoms with Crippen molar-refractivity contribution in [3.05, 3.63) is 224 Å². The molecule has 0 amide bonds. The molecular weight excluding hydrogens is 687 g/mol. The van der Waals surface area contributed by atoms with Crippen LogP contribution >= 0.6 is 0 Å². The molecule has 11 aromatic carbocycles. The first-order valence-electron chi connectivity index (χ1n) is 19.7. The van der Waals surface area contributed by atoms with Crippen LogP contribution < -0.4 is 4.90 Å². The van der Waals surface area contributed by atoms with Crippen molar-refractivity contribution in [1.29, 1.82) is 0 Å². The van der Waals surface area contributed by atoms with E-state index in [0.29, 0.717) is 0 Å². The molecule has 0 spiro atoms. The quantitative estimate of drug-likeness (QED) is 0.154. The highest BCUT2D eigenvalue weighted by atomic mass is 15.1. The second-order valence-electron chi connectivity index (χ2n) is 14.9. The van der Waals surface area contributed by atoms with Gasteiger partial charge < -0.3 is 4.90 Å². The molecule has 0 aliphatic rings. The van der Waals surface area contributed by atoms with Crippen molar-refractivity contribution >= 4 is 70.9 Å². The van der Waals surface area contributed by atoms with Gasteiger partial charge in [0.1, 0.15) is 0 Å². The Morgan fingerprint density at radius 3 is 1.35 bits per heavy atom. The van der Waals surface area contributed by atoms with E-state index < -0.39 is 0 Å². The summed E-state index contributed by atoms with van der Waals surface area (Å²) in [5.74, 6) is 0. The molecule has 57 heavy (non-hydrogen) atoms. The Morgan fingerprint density at radius 1 is 0.211 bits per heavy atom. The van der Waals surface area contributed by atoms with Gasteiger partial charge in [-0.2, -0.15) is 0 Å². The van der Waals surface area contributed by atoms with Gasteiger partial charge in [-0.25, -0.2) is 0 Å². The molecule has 0 aliphatic heterocycles. The third-order valence-electron chi connectivity index (χ3n) is 11.6. The molecule has 0 radical (unpaired) electrons. The van der Waals surface area contributed by atoms with Gasteiger partial charge in [0.25, 0.3) is 0 Å². The van der Waals surface area contributed by atoms with Crippen LogP contribution in [0.2, 0.25) is 0 Å². The van der Waals surface area contributed by atoms with E-state index in [-0.39, 0.29) is 0 Å². The van der Waals surface area contributed by atoms with Crippen LogP contribution in [0.25, 0.3) is 87.2 Å². The van der Waals surface area contributed by atoms with Gasteiger partial charge >= 0.3 is 0 Å². The minimum atomic E-state index is 1.11. The zero-order valence-electron chi connectivity index (χ0n) is 31.3. The summed E-state index contributed by atoms with van der Waals surface area (Å²) in [5, 5.41) is 12.6. The fraction of sp³-hybridized carbons (Fsp3) is 0. The van der Waals surface area contributed by atoms with E-state index in [1.807, 2.05) is 0 Å². The Kier molecular flexibility index (Phi) is 7.89. The van der Waals surface area contributed by atoms with Crippen molar-refractivity contribution in [3.63, 3.8) is 0 Å². The lowest BCUT2D eigenvalue weighted by Crippen LogP contribution is -2.09. The Hall–Kier alpha value is -7.48. The van der Waals surface area contributed by atoms with Gasteiger partial charge in [0.15, 0.2) is 0 Å². The normalized spacial score (nSPS) is 11.5. The Bertz CT molecular complexity index is 3270. The van der Waals surface area contributed by atoms with Crippen LogP contribution in [0.1, 0.15) is 0 Å². The van der Waals surface area contributed by atoms with Crippen LogP contribution in [0.15, 0.2) is 224 Å². The molecule has 11 aromatic rings. The second kappa shape index (κ2) is 13.7. The van der Waals surface area contributed by atoms with Gasteiger partial charge in [-0.15, -0.1) is 0 Å². The summed E-state index contributed by atoms with van der Waals surface area (Å²) in [5.41, 5.74) is 10.6. The second-order valence-corrected chi connectivity index (χ2v) is 14.9. The third kappa shape index (κ3) is 5.89. The fourth-order valence-electron chi connectivity index (χ4n) is 8.70. The van der Waals surface area contributed by atoms with Crippen LogP contribution in [-0.4, -0.2) is 0 Å². The highest BCUT2D eigenvalue weighted by Crippen LogP contribution is 2.40. The molecule has 0 aromatic heterocycles. The molecule has 0 aliphatic carbocycles. The Labute approximate surface area is 332 Å². The van der Waals surface area contributed by atoms with Crippen LogP contribution in [0, 0.1) is 0 Å². The maximum atomic E-state index is 2.38. The first kappa shape index (κ1) is 32.9. The number of rotatable bonds is 6. The van der Waals surface area contributed by atoms with E-state index in [1.165, 1.54) is 87.2 Å². The van der Waals surface area contributed by atoms with Crippen LogP contribution in [-0.2, 0) is 0 Å². The van der Waals surface area contributed by atoms with Gasteiger partial charge in [0.05, 0.1) is 0 Å². The van der Waals surface area contributed by atoms with Crippen molar-refractivity contribution < 1.29 is 0 Å². The van der Waals surface area contributed by atoms with E-state index >= 15 is 0 Å². The average Bonchev–Trinajstić information content (AvgIpc) is 3.29. The summed E-state index contributed by atoms with van der Waals surface area (Å²) in [6.45, 7) is 0. The van der Waals surface area contributed by atoms with Crippen molar-refractivity contribution in [3.8, 4) is 33.4 Å². The minimum absolute atomic E-state index is 1.11. The number of anilines is 3. The monoisotopic (exact) mass is 723 g/mol. The zero-order valence-corrected chi connectivity index (χ0v) is 31.3. The Morgan fingerprint density at radius 2 is 0.649 bits per heavy atom. The molecule has 0 saturated carbocycles. The van der Waals surface area contributed by atoms with Crippen molar-refractivity contribution in [2.45, 2.75) is 0 Å². The SMILES string of the molecule is c1ccc2cc(-c3ccc(-c4ccc(N(c5ccc(-c6cccc7c6ccc6ccccc67)cc5)c5ccc6c(ccc7ccccc76)c5)cc4)cc3)ccc2c1. The lowest BCUT2D eigenvalue weighted by atomic mass is 9.94. The summed E-state index contributed by atoms with van der Waals surface area (Å²) in [4.78, 5) is 2.38. The summed E-state index contributed by atoms with van der Waals surface area (Å²) in [6, 6.07) is 82.0. The van der Waals surface area contributed by atoms with Crippen molar-refractivity contribution in [2.24, 2.45) is 0 Å². The predicted octanol–water partition coefficient (Wildman–Crippen LogP) is 15.9. The molecule has 0 N–H and O–H groups in total. The first-order chi connectivity index (χ1) is 28.2. The standard InChI is InChI=1S/C56H37N/c1-2-11-45-36-46(22-20-38(45)8-1)41-18-16-39(17-19-41)40-24-29-48(30-25-40)57(50-33-35-54-47(37-50)23-21-42-9-3-5-12-51(42)54)49-31-26-44(27-32-49)53-14-7-15-55-52-13-6-4-10-43(52)28-34-56(53)55/h1-37H. The smallest absolute Gasteiger partial charge is 0.0468 e. The molecule has 0 atom stereocenters. The molecular formula is C56H37N. The highest BCUT2D eigenvalue weighted by molar-refractivity contribution is 6.12. The molecule has 0 fully saturated rings. The maximum absolute atomic E-state index is 2.38. The largest absolute Gasteiger partial charge is 0.310 e. The number of nitrogens with zero attached hydrogens (tertiary/aromatic N) is 1. The molecule has 0 saturated heterocycles. The first-order valence-corrected chi connectivity index (χ1v) is 19.7.